The standard InChI is InChI=1S/C30H36F6N2/c1-3-19-38(20-17-23-10-5-4-6-11-23)22(2)16-18-28(21-37,24-12-7-8-13-24)27-25(29(31,32)33)14-9-15-26(27)30(34,35)36/h4-6,9-11,14-15,22,24H,3,7-8,12-13,16-20H2,1-2H3. The summed E-state index contributed by atoms with van der Waals surface area (Å²) in [6.45, 7) is 5.46. The Kier molecular flexibility index (Phi) is 9.91. The molecule has 0 saturated heterocycles. The van der Waals surface area contributed by atoms with E-state index < -0.39 is 40.4 Å². The van der Waals surface area contributed by atoms with Crippen LogP contribution in [0.3, 0.4) is 0 Å². The molecule has 0 radical (unpaired) electrons. The highest BCUT2D eigenvalue weighted by Gasteiger charge is 2.52. The molecule has 0 N–H and O–H groups in total. The summed E-state index contributed by atoms with van der Waals surface area (Å²) in [5.41, 5.74) is -4.29. The topological polar surface area (TPSA) is 27.0 Å². The zero-order chi connectivity index (χ0) is 28.0. The molecular weight excluding hydrogens is 502 g/mol. The molecule has 1 aliphatic carbocycles. The van der Waals surface area contributed by atoms with Crippen molar-refractivity contribution < 1.29 is 26.3 Å². The second-order valence-corrected chi connectivity index (χ2v) is 10.4. The van der Waals surface area contributed by atoms with Gasteiger partial charge >= 0.3 is 12.4 Å². The van der Waals surface area contributed by atoms with E-state index in [9.17, 15) is 31.6 Å². The fourth-order valence-electron chi connectivity index (χ4n) is 6.04. The molecule has 1 fully saturated rings. The lowest BCUT2D eigenvalue weighted by Crippen LogP contribution is -2.41. The van der Waals surface area contributed by atoms with E-state index in [0.717, 1.165) is 37.6 Å². The van der Waals surface area contributed by atoms with Crippen molar-refractivity contribution in [1.29, 1.82) is 5.26 Å². The average molecular weight is 539 g/mol. The largest absolute Gasteiger partial charge is 0.416 e. The Morgan fingerprint density at radius 3 is 1.97 bits per heavy atom. The molecule has 1 saturated carbocycles. The first-order chi connectivity index (χ1) is 17.9. The summed E-state index contributed by atoms with van der Waals surface area (Å²) in [7, 11) is 0. The molecule has 3 rings (SSSR count). The zero-order valence-electron chi connectivity index (χ0n) is 22.0. The Labute approximate surface area is 221 Å². The lowest BCUT2D eigenvalue weighted by molar-refractivity contribution is -0.145. The van der Waals surface area contributed by atoms with Crippen LogP contribution in [-0.2, 0) is 24.2 Å². The van der Waals surface area contributed by atoms with Gasteiger partial charge in [-0.05, 0) is 81.2 Å². The van der Waals surface area contributed by atoms with E-state index in [0.29, 0.717) is 44.2 Å². The van der Waals surface area contributed by atoms with Crippen molar-refractivity contribution in [3.8, 4) is 6.07 Å². The fourth-order valence-corrected chi connectivity index (χ4v) is 6.04. The summed E-state index contributed by atoms with van der Waals surface area (Å²) in [5.74, 6) is -0.562. The number of alkyl halides is 6. The van der Waals surface area contributed by atoms with Gasteiger partial charge in [-0.2, -0.15) is 31.6 Å². The predicted octanol–water partition coefficient (Wildman–Crippen LogP) is 8.80. The smallest absolute Gasteiger partial charge is 0.300 e. The first kappa shape index (κ1) is 30.0. The highest BCUT2D eigenvalue weighted by molar-refractivity contribution is 5.49. The maximum absolute atomic E-state index is 14.2. The Morgan fingerprint density at radius 2 is 1.47 bits per heavy atom. The van der Waals surface area contributed by atoms with Crippen molar-refractivity contribution >= 4 is 0 Å². The van der Waals surface area contributed by atoms with Crippen LogP contribution >= 0.6 is 0 Å². The molecule has 2 aromatic carbocycles. The molecule has 1 aliphatic rings. The minimum absolute atomic E-state index is 0.0585. The summed E-state index contributed by atoms with van der Waals surface area (Å²) < 4.78 is 85.0. The van der Waals surface area contributed by atoms with Crippen LogP contribution in [0.1, 0.15) is 81.0 Å². The van der Waals surface area contributed by atoms with E-state index >= 15 is 0 Å². The van der Waals surface area contributed by atoms with Crippen LogP contribution in [0.2, 0.25) is 0 Å². The van der Waals surface area contributed by atoms with Crippen molar-refractivity contribution in [1.82, 2.24) is 4.90 Å². The van der Waals surface area contributed by atoms with Crippen LogP contribution in [0.25, 0.3) is 0 Å². The van der Waals surface area contributed by atoms with Gasteiger partial charge in [0.25, 0.3) is 0 Å². The van der Waals surface area contributed by atoms with Crippen molar-refractivity contribution in [3.05, 3.63) is 70.8 Å². The Morgan fingerprint density at radius 1 is 0.895 bits per heavy atom. The van der Waals surface area contributed by atoms with Gasteiger partial charge in [0.05, 0.1) is 22.6 Å². The van der Waals surface area contributed by atoms with Gasteiger partial charge in [0.2, 0.25) is 0 Å². The van der Waals surface area contributed by atoms with Crippen molar-refractivity contribution in [2.24, 2.45) is 5.92 Å². The average Bonchev–Trinajstić information content (AvgIpc) is 3.42. The van der Waals surface area contributed by atoms with Crippen LogP contribution in [-0.4, -0.2) is 24.0 Å². The minimum atomic E-state index is -5.01. The van der Waals surface area contributed by atoms with Gasteiger partial charge in [0.1, 0.15) is 0 Å². The molecule has 0 aliphatic heterocycles. The molecule has 2 nitrogen and oxygen atoms in total. The summed E-state index contributed by atoms with van der Waals surface area (Å²) in [4.78, 5) is 2.23. The van der Waals surface area contributed by atoms with Crippen molar-refractivity contribution in [3.63, 3.8) is 0 Å². The van der Waals surface area contributed by atoms with Gasteiger partial charge in [0, 0.05) is 12.6 Å². The molecule has 0 aromatic heterocycles. The number of nitrogens with zero attached hydrogens (tertiary/aromatic N) is 2. The SMILES string of the molecule is CCCN(CCc1ccccc1)C(C)CCC(C#N)(c1c(C(F)(F)F)cccc1C(F)(F)F)C1CCCC1. The quantitative estimate of drug-likeness (QED) is 0.267. The summed E-state index contributed by atoms with van der Waals surface area (Å²) >= 11 is 0. The van der Waals surface area contributed by atoms with E-state index in [4.69, 9.17) is 0 Å². The molecular formula is C30H36F6N2. The maximum atomic E-state index is 14.2. The van der Waals surface area contributed by atoms with Crippen LogP contribution < -0.4 is 0 Å². The molecule has 8 heteroatoms. The van der Waals surface area contributed by atoms with Gasteiger partial charge < -0.3 is 4.90 Å². The molecule has 2 aromatic rings. The zero-order valence-corrected chi connectivity index (χ0v) is 22.0. The lowest BCUT2D eigenvalue weighted by atomic mass is 9.64. The third-order valence-corrected chi connectivity index (χ3v) is 7.99. The lowest BCUT2D eigenvalue weighted by Gasteiger charge is -2.39. The van der Waals surface area contributed by atoms with E-state index in [1.165, 1.54) is 0 Å². The number of halogens is 6. The first-order valence-electron chi connectivity index (χ1n) is 13.4. The number of hydrogen-bond acceptors (Lipinski definition) is 2. The monoisotopic (exact) mass is 538 g/mol. The van der Waals surface area contributed by atoms with Gasteiger partial charge in [-0.15, -0.1) is 0 Å². The van der Waals surface area contributed by atoms with E-state index in [2.05, 4.69) is 11.0 Å². The van der Waals surface area contributed by atoms with Gasteiger partial charge in [0.15, 0.2) is 0 Å². The van der Waals surface area contributed by atoms with Crippen LogP contribution in [0.15, 0.2) is 48.5 Å². The predicted molar refractivity (Wildman–Crippen MR) is 136 cm³/mol. The van der Waals surface area contributed by atoms with E-state index in [1.54, 1.807) is 0 Å². The summed E-state index contributed by atoms with van der Waals surface area (Å²) in [5, 5.41) is 10.5. The number of benzene rings is 2. The second kappa shape index (κ2) is 12.5. The summed E-state index contributed by atoms with van der Waals surface area (Å²) in [6.07, 6.45) is -5.83. The Balaban J connectivity index is 2.00. The Hall–Kier alpha value is -2.53. The van der Waals surface area contributed by atoms with Crippen LogP contribution in [0.4, 0.5) is 26.3 Å². The number of nitriles is 1. The van der Waals surface area contributed by atoms with Crippen molar-refractivity contribution in [2.75, 3.05) is 13.1 Å². The fraction of sp³-hybridized carbons (Fsp3) is 0.567. The Bertz CT molecular complexity index is 1030. The van der Waals surface area contributed by atoms with Gasteiger partial charge in [-0.25, -0.2) is 0 Å². The summed E-state index contributed by atoms with van der Waals surface area (Å²) in [6, 6.07) is 14.1. The van der Waals surface area contributed by atoms with Gasteiger partial charge in [-0.3, -0.25) is 0 Å². The highest BCUT2D eigenvalue weighted by atomic mass is 19.4. The van der Waals surface area contributed by atoms with Crippen LogP contribution in [0.5, 0.6) is 0 Å². The maximum Gasteiger partial charge on any atom is 0.416 e. The number of hydrogen-bond donors (Lipinski definition) is 0. The third kappa shape index (κ3) is 6.91. The van der Waals surface area contributed by atoms with E-state index in [-0.39, 0.29) is 12.5 Å². The molecule has 2 atom stereocenters. The highest BCUT2D eigenvalue weighted by Crippen LogP contribution is 2.52. The molecule has 0 amide bonds. The molecule has 38 heavy (non-hydrogen) atoms. The molecule has 208 valence electrons. The van der Waals surface area contributed by atoms with E-state index in [1.807, 2.05) is 44.2 Å². The molecule has 2 unspecified atom stereocenters. The first-order valence-corrected chi connectivity index (χ1v) is 13.4. The minimum Gasteiger partial charge on any atom is -0.300 e. The third-order valence-electron chi connectivity index (χ3n) is 7.99. The van der Waals surface area contributed by atoms with Crippen LogP contribution in [0, 0.1) is 17.2 Å². The normalized spacial score (nSPS) is 17.4. The van der Waals surface area contributed by atoms with Gasteiger partial charge in [-0.1, -0.05) is 56.2 Å². The molecule has 0 heterocycles. The number of rotatable bonds is 11. The molecule has 0 bridgehead atoms. The second-order valence-electron chi connectivity index (χ2n) is 10.4. The molecule has 0 spiro atoms. The van der Waals surface area contributed by atoms with Crippen molar-refractivity contribution in [2.45, 2.75) is 89.0 Å².